The molecule has 3 nitrogen and oxygen atoms in total. The molecule has 0 atom stereocenters. The first kappa shape index (κ1) is 14.5. The molecule has 0 radical (unpaired) electrons. The molecule has 0 saturated carbocycles. The quantitative estimate of drug-likeness (QED) is 0.932. The lowest BCUT2D eigenvalue weighted by Gasteiger charge is -2.22. The minimum atomic E-state index is -0.627. The standard InChI is InChI=1S/C15H19F2N3/c1-5-15(2,3)13-12(14(18)20(4)19-13)10-7-6-9(16)8-11(10)17/h6-8H,5,18H2,1-4H3. The Morgan fingerprint density at radius 1 is 1.30 bits per heavy atom. The summed E-state index contributed by atoms with van der Waals surface area (Å²) in [5.41, 5.74) is 7.35. The monoisotopic (exact) mass is 279 g/mol. The van der Waals surface area contributed by atoms with Crippen LogP contribution < -0.4 is 5.73 Å². The topological polar surface area (TPSA) is 43.8 Å². The highest BCUT2D eigenvalue weighted by Gasteiger charge is 2.29. The van der Waals surface area contributed by atoms with E-state index in [1.54, 1.807) is 7.05 Å². The van der Waals surface area contributed by atoms with Gasteiger partial charge in [-0.25, -0.2) is 8.78 Å². The lowest BCUT2D eigenvalue weighted by atomic mass is 9.82. The minimum absolute atomic E-state index is 0.245. The molecule has 108 valence electrons. The molecule has 0 amide bonds. The molecular formula is C15H19F2N3. The average molecular weight is 279 g/mol. The third-order valence-corrected chi connectivity index (χ3v) is 3.82. The summed E-state index contributed by atoms with van der Waals surface area (Å²) in [5, 5.41) is 4.42. The summed E-state index contributed by atoms with van der Waals surface area (Å²) in [7, 11) is 1.72. The van der Waals surface area contributed by atoms with Gasteiger partial charge in [-0.1, -0.05) is 20.8 Å². The molecule has 2 rings (SSSR count). The third-order valence-electron chi connectivity index (χ3n) is 3.82. The van der Waals surface area contributed by atoms with Crippen LogP contribution in [0.15, 0.2) is 18.2 Å². The van der Waals surface area contributed by atoms with Crippen molar-refractivity contribution in [2.24, 2.45) is 7.05 Å². The molecule has 0 aliphatic carbocycles. The van der Waals surface area contributed by atoms with Crippen molar-refractivity contribution >= 4 is 5.82 Å². The minimum Gasteiger partial charge on any atom is -0.383 e. The lowest BCUT2D eigenvalue weighted by molar-refractivity contribution is 0.483. The van der Waals surface area contributed by atoms with Gasteiger partial charge in [0.1, 0.15) is 17.5 Å². The van der Waals surface area contributed by atoms with E-state index in [4.69, 9.17) is 5.73 Å². The third kappa shape index (κ3) is 2.28. The molecule has 0 saturated heterocycles. The summed E-state index contributed by atoms with van der Waals surface area (Å²) in [6, 6.07) is 3.51. The SMILES string of the molecule is CCC(C)(C)c1nn(C)c(N)c1-c1ccc(F)cc1F. The van der Waals surface area contributed by atoms with Crippen molar-refractivity contribution in [3.63, 3.8) is 0 Å². The van der Waals surface area contributed by atoms with Crippen LogP contribution in [0.1, 0.15) is 32.9 Å². The molecule has 2 aromatic rings. The van der Waals surface area contributed by atoms with Crippen LogP contribution in [0.3, 0.4) is 0 Å². The van der Waals surface area contributed by atoms with Crippen molar-refractivity contribution in [2.45, 2.75) is 32.6 Å². The van der Waals surface area contributed by atoms with Crippen molar-refractivity contribution in [1.82, 2.24) is 9.78 Å². The van der Waals surface area contributed by atoms with Gasteiger partial charge in [0.25, 0.3) is 0 Å². The summed E-state index contributed by atoms with van der Waals surface area (Å²) < 4.78 is 28.7. The molecular weight excluding hydrogens is 260 g/mol. The summed E-state index contributed by atoms with van der Waals surface area (Å²) >= 11 is 0. The van der Waals surface area contributed by atoms with Gasteiger partial charge in [-0.2, -0.15) is 5.10 Å². The van der Waals surface area contributed by atoms with E-state index in [2.05, 4.69) is 5.10 Å². The van der Waals surface area contributed by atoms with Crippen LogP contribution in [0.4, 0.5) is 14.6 Å². The number of benzene rings is 1. The summed E-state index contributed by atoms with van der Waals surface area (Å²) in [6.07, 6.45) is 0.833. The van der Waals surface area contributed by atoms with E-state index in [0.717, 1.165) is 18.2 Å². The second-order valence-corrected chi connectivity index (χ2v) is 5.59. The normalized spacial score (nSPS) is 11.9. The molecule has 5 heteroatoms. The Morgan fingerprint density at radius 2 is 1.95 bits per heavy atom. The van der Waals surface area contributed by atoms with Gasteiger partial charge < -0.3 is 5.73 Å². The van der Waals surface area contributed by atoms with Crippen LogP contribution in [0.5, 0.6) is 0 Å². The molecule has 2 N–H and O–H groups in total. The van der Waals surface area contributed by atoms with Gasteiger partial charge in [-0.15, -0.1) is 0 Å². The number of anilines is 1. The van der Waals surface area contributed by atoms with Gasteiger partial charge in [0.15, 0.2) is 0 Å². The Kier molecular flexibility index (Phi) is 3.54. The van der Waals surface area contributed by atoms with Crippen LogP contribution >= 0.6 is 0 Å². The zero-order chi connectivity index (χ0) is 15.1. The Labute approximate surface area is 117 Å². The number of aryl methyl sites for hydroxylation is 1. The molecule has 1 heterocycles. The van der Waals surface area contributed by atoms with E-state index in [0.29, 0.717) is 11.4 Å². The molecule has 20 heavy (non-hydrogen) atoms. The fourth-order valence-electron chi connectivity index (χ4n) is 2.14. The Hall–Kier alpha value is -1.91. The Balaban J connectivity index is 2.73. The van der Waals surface area contributed by atoms with Crippen molar-refractivity contribution < 1.29 is 8.78 Å². The zero-order valence-corrected chi connectivity index (χ0v) is 12.2. The largest absolute Gasteiger partial charge is 0.383 e. The molecule has 0 unspecified atom stereocenters. The van der Waals surface area contributed by atoms with Gasteiger partial charge in [0.05, 0.1) is 11.3 Å². The lowest BCUT2D eigenvalue weighted by Crippen LogP contribution is -2.18. The van der Waals surface area contributed by atoms with E-state index >= 15 is 0 Å². The average Bonchev–Trinajstić information content (AvgIpc) is 2.67. The molecule has 0 spiro atoms. The van der Waals surface area contributed by atoms with E-state index in [1.807, 2.05) is 20.8 Å². The number of hydrogen-bond donors (Lipinski definition) is 1. The predicted molar refractivity (Wildman–Crippen MR) is 76.3 cm³/mol. The molecule has 1 aromatic heterocycles. The Morgan fingerprint density at radius 3 is 2.50 bits per heavy atom. The number of aromatic nitrogens is 2. The van der Waals surface area contributed by atoms with Crippen molar-refractivity contribution in [3.05, 3.63) is 35.5 Å². The van der Waals surface area contributed by atoms with Gasteiger partial charge >= 0.3 is 0 Å². The van der Waals surface area contributed by atoms with Crippen LogP contribution in [0.2, 0.25) is 0 Å². The van der Waals surface area contributed by atoms with E-state index in [9.17, 15) is 8.78 Å². The fraction of sp³-hybridized carbons (Fsp3) is 0.400. The molecule has 1 aromatic carbocycles. The smallest absolute Gasteiger partial charge is 0.134 e. The molecule has 0 aliphatic heterocycles. The first-order chi connectivity index (χ1) is 9.27. The number of nitrogens with two attached hydrogens (primary N) is 1. The second kappa shape index (κ2) is 4.89. The summed E-state index contributed by atoms with van der Waals surface area (Å²) in [5.74, 6) is -0.852. The van der Waals surface area contributed by atoms with Gasteiger partial charge in [-0.3, -0.25) is 4.68 Å². The van der Waals surface area contributed by atoms with E-state index in [-0.39, 0.29) is 11.0 Å². The fourth-order valence-corrected chi connectivity index (χ4v) is 2.14. The van der Waals surface area contributed by atoms with Crippen LogP contribution in [-0.4, -0.2) is 9.78 Å². The van der Waals surface area contributed by atoms with Crippen LogP contribution in [0, 0.1) is 11.6 Å². The molecule has 0 fully saturated rings. The maximum Gasteiger partial charge on any atom is 0.134 e. The van der Waals surface area contributed by atoms with Crippen molar-refractivity contribution in [3.8, 4) is 11.1 Å². The van der Waals surface area contributed by atoms with Gasteiger partial charge in [0.2, 0.25) is 0 Å². The van der Waals surface area contributed by atoms with E-state index in [1.165, 1.54) is 16.8 Å². The maximum atomic E-state index is 14.1. The molecule has 0 bridgehead atoms. The highest BCUT2D eigenvalue weighted by atomic mass is 19.1. The number of hydrogen-bond acceptors (Lipinski definition) is 2. The molecule has 0 aliphatic rings. The van der Waals surface area contributed by atoms with Crippen LogP contribution in [0.25, 0.3) is 11.1 Å². The first-order valence-electron chi connectivity index (χ1n) is 6.56. The second-order valence-electron chi connectivity index (χ2n) is 5.59. The highest BCUT2D eigenvalue weighted by Crippen LogP contribution is 2.39. The van der Waals surface area contributed by atoms with Gasteiger partial charge in [0, 0.05) is 24.1 Å². The number of nitrogens with zero attached hydrogens (tertiary/aromatic N) is 2. The van der Waals surface area contributed by atoms with Crippen LogP contribution in [-0.2, 0) is 12.5 Å². The first-order valence-corrected chi connectivity index (χ1v) is 6.56. The highest BCUT2D eigenvalue weighted by molar-refractivity contribution is 5.78. The Bertz CT molecular complexity index is 645. The predicted octanol–water partition coefficient (Wildman–Crippen LogP) is 3.64. The number of rotatable bonds is 3. The maximum absolute atomic E-state index is 14.1. The van der Waals surface area contributed by atoms with Gasteiger partial charge in [-0.05, 0) is 18.6 Å². The zero-order valence-electron chi connectivity index (χ0n) is 12.2. The number of halogens is 2. The summed E-state index contributed by atoms with van der Waals surface area (Å²) in [4.78, 5) is 0. The van der Waals surface area contributed by atoms with Crippen molar-refractivity contribution in [1.29, 1.82) is 0 Å². The number of nitrogen functional groups attached to an aromatic ring is 1. The summed E-state index contributed by atoms with van der Waals surface area (Å²) in [6.45, 7) is 6.09. The van der Waals surface area contributed by atoms with Crippen molar-refractivity contribution in [2.75, 3.05) is 5.73 Å². The van der Waals surface area contributed by atoms with E-state index < -0.39 is 11.6 Å².